The predicted octanol–water partition coefficient (Wildman–Crippen LogP) is 3.27. The van der Waals surface area contributed by atoms with E-state index in [0.29, 0.717) is 12.6 Å². The molecule has 0 saturated carbocycles. The molecule has 1 atom stereocenters. The third-order valence-corrected chi connectivity index (χ3v) is 3.58. The van der Waals surface area contributed by atoms with Crippen molar-refractivity contribution in [3.8, 4) is 5.75 Å². The fourth-order valence-electron chi connectivity index (χ4n) is 2.28. The van der Waals surface area contributed by atoms with Crippen LogP contribution in [0.4, 0.5) is 8.78 Å². The van der Waals surface area contributed by atoms with Crippen molar-refractivity contribution in [1.29, 1.82) is 0 Å². The van der Waals surface area contributed by atoms with Crippen LogP contribution in [0, 0.1) is 0 Å². The van der Waals surface area contributed by atoms with Crippen LogP contribution in [0.3, 0.4) is 0 Å². The first-order valence-electron chi connectivity index (χ1n) is 6.23. The van der Waals surface area contributed by atoms with E-state index in [2.05, 4.69) is 37.8 Å². The SMILES string of the molecule is CC1CN(Cc2cc(Br)ccc2OC(F)F)CCN1.Cl. The molecule has 0 radical (unpaired) electrons. The lowest BCUT2D eigenvalue weighted by molar-refractivity contribution is -0.0508. The lowest BCUT2D eigenvalue weighted by Crippen LogP contribution is -2.48. The summed E-state index contributed by atoms with van der Waals surface area (Å²) in [5, 5.41) is 3.35. The summed E-state index contributed by atoms with van der Waals surface area (Å²) in [6.45, 7) is 2.67. The Balaban J connectivity index is 0.00000200. The number of halogens is 4. The van der Waals surface area contributed by atoms with Crippen LogP contribution in [0.2, 0.25) is 0 Å². The van der Waals surface area contributed by atoms with E-state index >= 15 is 0 Å². The van der Waals surface area contributed by atoms with E-state index < -0.39 is 6.61 Å². The second kappa shape index (κ2) is 8.12. The van der Waals surface area contributed by atoms with Gasteiger partial charge in [-0.1, -0.05) is 15.9 Å². The summed E-state index contributed by atoms with van der Waals surface area (Å²) in [4.78, 5) is 2.24. The van der Waals surface area contributed by atoms with Crippen molar-refractivity contribution >= 4 is 28.3 Å². The van der Waals surface area contributed by atoms with Gasteiger partial charge in [-0.25, -0.2) is 0 Å². The van der Waals surface area contributed by atoms with Crippen LogP contribution in [-0.4, -0.2) is 37.2 Å². The van der Waals surface area contributed by atoms with Crippen LogP contribution in [0.1, 0.15) is 12.5 Å². The Bertz CT molecular complexity index is 437. The Labute approximate surface area is 132 Å². The minimum atomic E-state index is -2.79. The average molecular weight is 372 g/mol. The third-order valence-electron chi connectivity index (χ3n) is 3.09. The van der Waals surface area contributed by atoms with E-state index in [0.717, 1.165) is 29.7 Å². The maximum absolute atomic E-state index is 12.4. The summed E-state index contributed by atoms with van der Waals surface area (Å²) >= 11 is 3.37. The van der Waals surface area contributed by atoms with E-state index in [1.54, 1.807) is 12.1 Å². The smallest absolute Gasteiger partial charge is 0.387 e. The highest BCUT2D eigenvalue weighted by atomic mass is 79.9. The lowest BCUT2D eigenvalue weighted by Gasteiger charge is -2.32. The molecule has 1 aromatic rings. The van der Waals surface area contributed by atoms with Gasteiger partial charge in [0.05, 0.1) is 0 Å². The maximum atomic E-state index is 12.4. The topological polar surface area (TPSA) is 24.5 Å². The molecule has 114 valence electrons. The summed E-state index contributed by atoms with van der Waals surface area (Å²) in [6, 6.07) is 5.55. The predicted molar refractivity (Wildman–Crippen MR) is 80.8 cm³/mol. The van der Waals surface area contributed by atoms with Gasteiger partial charge in [0, 0.05) is 42.3 Å². The molecule has 1 unspecified atom stereocenters. The van der Waals surface area contributed by atoms with Crippen molar-refractivity contribution in [2.75, 3.05) is 19.6 Å². The maximum Gasteiger partial charge on any atom is 0.387 e. The Morgan fingerprint density at radius 1 is 1.50 bits per heavy atom. The molecule has 1 heterocycles. The molecule has 0 bridgehead atoms. The number of nitrogens with zero attached hydrogens (tertiary/aromatic N) is 1. The first-order valence-corrected chi connectivity index (χ1v) is 7.03. The molecule has 1 saturated heterocycles. The number of hydrogen-bond acceptors (Lipinski definition) is 3. The monoisotopic (exact) mass is 370 g/mol. The molecule has 0 spiro atoms. The van der Waals surface area contributed by atoms with E-state index in [-0.39, 0.29) is 18.2 Å². The van der Waals surface area contributed by atoms with Crippen LogP contribution < -0.4 is 10.1 Å². The number of rotatable bonds is 4. The molecular weight excluding hydrogens is 354 g/mol. The zero-order valence-corrected chi connectivity index (χ0v) is 13.5. The van der Waals surface area contributed by atoms with Gasteiger partial charge in [0.25, 0.3) is 0 Å². The fraction of sp³-hybridized carbons (Fsp3) is 0.538. The first-order chi connectivity index (χ1) is 9.04. The summed E-state index contributed by atoms with van der Waals surface area (Å²) in [5.41, 5.74) is 0.781. The second-order valence-corrected chi connectivity index (χ2v) is 5.64. The number of ether oxygens (including phenoxy) is 1. The Morgan fingerprint density at radius 3 is 2.90 bits per heavy atom. The van der Waals surface area contributed by atoms with Gasteiger partial charge in [-0.2, -0.15) is 8.78 Å². The van der Waals surface area contributed by atoms with Crippen molar-refractivity contribution in [3.05, 3.63) is 28.2 Å². The van der Waals surface area contributed by atoms with Crippen molar-refractivity contribution in [1.82, 2.24) is 10.2 Å². The average Bonchev–Trinajstić information content (AvgIpc) is 2.32. The largest absolute Gasteiger partial charge is 0.434 e. The molecule has 3 nitrogen and oxygen atoms in total. The zero-order chi connectivity index (χ0) is 13.8. The Kier molecular flexibility index (Phi) is 7.15. The van der Waals surface area contributed by atoms with Crippen LogP contribution >= 0.6 is 28.3 Å². The number of hydrogen-bond donors (Lipinski definition) is 1. The first kappa shape index (κ1) is 17.6. The number of benzene rings is 1. The Morgan fingerprint density at radius 2 is 2.25 bits per heavy atom. The highest BCUT2D eigenvalue weighted by Gasteiger charge is 2.18. The quantitative estimate of drug-likeness (QED) is 0.879. The third kappa shape index (κ3) is 5.16. The molecule has 1 aliphatic heterocycles. The van der Waals surface area contributed by atoms with E-state index in [9.17, 15) is 8.78 Å². The van der Waals surface area contributed by atoms with Crippen LogP contribution in [0.25, 0.3) is 0 Å². The molecule has 1 N–H and O–H groups in total. The molecule has 1 fully saturated rings. The molecule has 0 amide bonds. The zero-order valence-electron chi connectivity index (χ0n) is 11.1. The van der Waals surface area contributed by atoms with E-state index in [1.807, 2.05) is 6.07 Å². The van der Waals surface area contributed by atoms with Crippen LogP contribution in [0.5, 0.6) is 5.75 Å². The summed E-state index contributed by atoms with van der Waals surface area (Å²) in [6.07, 6.45) is 0. The van der Waals surface area contributed by atoms with Gasteiger partial charge >= 0.3 is 6.61 Å². The summed E-state index contributed by atoms with van der Waals surface area (Å²) < 4.78 is 30.2. The Hall–Kier alpha value is -0.430. The highest BCUT2D eigenvalue weighted by molar-refractivity contribution is 9.10. The molecular formula is C13H18BrClF2N2O. The summed E-state index contributed by atoms with van der Waals surface area (Å²) in [7, 11) is 0. The van der Waals surface area contributed by atoms with Gasteiger partial charge in [0.1, 0.15) is 5.75 Å². The highest BCUT2D eigenvalue weighted by Crippen LogP contribution is 2.26. The fourth-order valence-corrected chi connectivity index (χ4v) is 2.69. The number of nitrogens with one attached hydrogen (secondary N) is 1. The summed E-state index contributed by atoms with van der Waals surface area (Å²) in [5.74, 6) is 0.254. The van der Waals surface area contributed by atoms with Gasteiger partial charge in [-0.3, -0.25) is 4.90 Å². The van der Waals surface area contributed by atoms with Crippen molar-refractivity contribution in [2.45, 2.75) is 26.1 Å². The van der Waals surface area contributed by atoms with Gasteiger partial charge in [-0.15, -0.1) is 12.4 Å². The molecule has 20 heavy (non-hydrogen) atoms. The van der Waals surface area contributed by atoms with E-state index in [1.165, 1.54) is 0 Å². The van der Waals surface area contributed by atoms with Gasteiger partial charge in [0.15, 0.2) is 0 Å². The molecule has 2 rings (SSSR count). The van der Waals surface area contributed by atoms with Gasteiger partial charge in [0.2, 0.25) is 0 Å². The normalized spacial score (nSPS) is 19.8. The molecule has 1 aliphatic rings. The van der Waals surface area contributed by atoms with Gasteiger partial charge in [-0.05, 0) is 25.1 Å². The van der Waals surface area contributed by atoms with Crippen LogP contribution in [0.15, 0.2) is 22.7 Å². The number of alkyl halides is 2. The van der Waals surface area contributed by atoms with Gasteiger partial charge < -0.3 is 10.1 Å². The molecule has 0 aliphatic carbocycles. The number of piperazine rings is 1. The van der Waals surface area contributed by atoms with Crippen molar-refractivity contribution in [2.24, 2.45) is 0 Å². The minimum absolute atomic E-state index is 0. The molecule has 1 aromatic carbocycles. The standard InChI is InChI=1S/C13H17BrF2N2O.ClH/c1-9-7-18(5-4-17-9)8-10-6-11(14)2-3-12(10)19-13(15)16;/h2-3,6,9,13,17H,4-5,7-8H2,1H3;1H. The minimum Gasteiger partial charge on any atom is -0.434 e. The lowest BCUT2D eigenvalue weighted by atomic mass is 10.1. The second-order valence-electron chi connectivity index (χ2n) is 4.72. The van der Waals surface area contributed by atoms with Crippen LogP contribution in [-0.2, 0) is 6.54 Å². The van der Waals surface area contributed by atoms with E-state index in [4.69, 9.17) is 0 Å². The van der Waals surface area contributed by atoms with Crippen molar-refractivity contribution < 1.29 is 13.5 Å². The molecule has 7 heteroatoms. The molecule has 0 aromatic heterocycles. The van der Waals surface area contributed by atoms with Crippen molar-refractivity contribution in [3.63, 3.8) is 0 Å².